The first-order chi connectivity index (χ1) is 18.9. The Balaban J connectivity index is 1.29. The molecular formula is C28H24FN7O3. The number of nitrogens with one attached hydrogen (secondary N) is 1. The molecule has 6 rings (SSSR count). The third-order valence-corrected chi connectivity index (χ3v) is 6.64. The van der Waals surface area contributed by atoms with Gasteiger partial charge in [0, 0.05) is 42.9 Å². The molecule has 4 heterocycles. The number of nitrogens with zero attached hydrogens (tertiary/aromatic N) is 6. The highest BCUT2D eigenvalue weighted by atomic mass is 19.1. The Hall–Kier alpha value is -5.06. The van der Waals surface area contributed by atoms with Gasteiger partial charge in [-0.2, -0.15) is 0 Å². The van der Waals surface area contributed by atoms with Crippen molar-refractivity contribution < 1.29 is 19.0 Å². The maximum atomic E-state index is 13.4. The van der Waals surface area contributed by atoms with Gasteiger partial charge in [-0.05, 0) is 48.0 Å². The van der Waals surface area contributed by atoms with E-state index in [9.17, 15) is 14.3 Å². The smallest absolute Gasteiger partial charge is 0.413 e. The molecule has 0 unspecified atom stereocenters. The molecule has 3 aromatic heterocycles. The summed E-state index contributed by atoms with van der Waals surface area (Å²) in [6.45, 7) is 1.69. The van der Waals surface area contributed by atoms with Crippen LogP contribution in [0.1, 0.15) is 16.7 Å². The summed E-state index contributed by atoms with van der Waals surface area (Å²) in [5.74, 6) is 1.54. The summed E-state index contributed by atoms with van der Waals surface area (Å²) >= 11 is 0. The van der Waals surface area contributed by atoms with Crippen molar-refractivity contribution in [3.63, 3.8) is 0 Å². The summed E-state index contributed by atoms with van der Waals surface area (Å²) in [5.41, 5.74) is 5.57. The monoisotopic (exact) mass is 525 g/mol. The van der Waals surface area contributed by atoms with E-state index in [0.717, 1.165) is 38.7 Å². The van der Waals surface area contributed by atoms with Crippen LogP contribution in [0.4, 0.5) is 21.0 Å². The van der Waals surface area contributed by atoms with Gasteiger partial charge in [0.25, 0.3) is 0 Å². The summed E-state index contributed by atoms with van der Waals surface area (Å²) in [7, 11) is 1.42. The minimum absolute atomic E-state index is 0.203. The van der Waals surface area contributed by atoms with E-state index in [1.54, 1.807) is 18.3 Å². The number of fused-ring (bicyclic) bond motifs is 2. The first-order valence-corrected chi connectivity index (χ1v) is 12.3. The molecule has 0 radical (unpaired) electrons. The second kappa shape index (κ2) is 10.0. The molecule has 0 fully saturated rings. The van der Waals surface area contributed by atoms with Crippen LogP contribution in [0.3, 0.4) is 0 Å². The number of anilines is 2. The number of rotatable bonds is 5. The minimum Gasteiger partial charge on any atom is -0.491 e. The van der Waals surface area contributed by atoms with Crippen molar-refractivity contribution in [2.24, 2.45) is 0 Å². The fraction of sp³-hybridized carbons (Fsp3) is 0.179. The van der Waals surface area contributed by atoms with E-state index in [2.05, 4.69) is 29.8 Å². The molecule has 0 aliphatic carbocycles. The number of hydrogen-bond acceptors (Lipinski definition) is 7. The zero-order chi connectivity index (χ0) is 26.9. The van der Waals surface area contributed by atoms with E-state index in [-0.39, 0.29) is 11.8 Å². The van der Waals surface area contributed by atoms with Gasteiger partial charge in [-0.3, -0.25) is 4.90 Å². The van der Waals surface area contributed by atoms with Gasteiger partial charge in [-0.1, -0.05) is 12.1 Å². The number of carbonyl (C=O) groups is 1. The van der Waals surface area contributed by atoms with Crippen LogP contribution in [0.2, 0.25) is 0 Å². The maximum absolute atomic E-state index is 13.4. The van der Waals surface area contributed by atoms with Crippen molar-refractivity contribution in [1.29, 1.82) is 0 Å². The Morgan fingerprint density at radius 1 is 1.15 bits per heavy atom. The van der Waals surface area contributed by atoms with Crippen molar-refractivity contribution in [1.82, 2.24) is 24.9 Å². The van der Waals surface area contributed by atoms with Crippen LogP contribution in [0.25, 0.3) is 22.4 Å². The Morgan fingerprint density at radius 3 is 2.82 bits per heavy atom. The number of benzene rings is 2. The van der Waals surface area contributed by atoms with Gasteiger partial charge in [0.2, 0.25) is 5.95 Å². The highest BCUT2D eigenvalue weighted by Gasteiger charge is 2.21. The molecule has 196 valence electrons. The first-order valence-electron chi connectivity index (χ1n) is 12.3. The number of amides is 1. The number of carboxylic acid groups (broad SMARTS) is 1. The number of H-pyrrole nitrogens is 1. The van der Waals surface area contributed by atoms with Crippen molar-refractivity contribution in [2.75, 3.05) is 30.0 Å². The lowest BCUT2D eigenvalue weighted by atomic mass is 10.0. The normalized spacial score (nSPS) is 13.0. The van der Waals surface area contributed by atoms with E-state index in [1.165, 1.54) is 25.5 Å². The quantitative estimate of drug-likeness (QED) is 0.340. The Labute approximate surface area is 222 Å². The fourth-order valence-corrected chi connectivity index (χ4v) is 4.61. The van der Waals surface area contributed by atoms with Crippen LogP contribution in [-0.4, -0.2) is 56.3 Å². The number of pyridine rings is 1. The van der Waals surface area contributed by atoms with Crippen molar-refractivity contribution in [3.05, 3.63) is 89.6 Å². The number of hydrogen-bond donors (Lipinski definition) is 2. The molecule has 0 atom stereocenters. The molecule has 2 N–H and O–H groups in total. The predicted molar refractivity (Wildman–Crippen MR) is 144 cm³/mol. The van der Waals surface area contributed by atoms with Gasteiger partial charge >= 0.3 is 6.09 Å². The van der Waals surface area contributed by atoms with Crippen LogP contribution >= 0.6 is 0 Å². The van der Waals surface area contributed by atoms with Gasteiger partial charge in [-0.25, -0.2) is 29.1 Å². The summed E-state index contributed by atoms with van der Waals surface area (Å²) in [6, 6.07) is 16.1. The average molecular weight is 526 g/mol. The summed E-state index contributed by atoms with van der Waals surface area (Å²) in [6.07, 6.45) is 2.79. The molecule has 0 spiro atoms. The lowest BCUT2D eigenvalue weighted by Gasteiger charge is -2.23. The van der Waals surface area contributed by atoms with Crippen LogP contribution in [0, 0.1) is 5.82 Å². The summed E-state index contributed by atoms with van der Waals surface area (Å²) in [4.78, 5) is 35.2. The second-order valence-corrected chi connectivity index (χ2v) is 9.23. The van der Waals surface area contributed by atoms with E-state index >= 15 is 0 Å². The molecule has 10 nitrogen and oxygen atoms in total. The summed E-state index contributed by atoms with van der Waals surface area (Å²) < 4.78 is 19.5. The largest absolute Gasteiger partial charge is 0.491 e. The van der Waals surface area contributed by atoms with Gasteiger partial charge in [0.15, 0.2) is 5.65 Å². The van der Waals surface area contributed by atoms with Crippen LogP contribution in [0.15, 0.2) is 67.1 Å². The lowest BCUT2D eigenvalue weighted by Crippen LogP contribution is -2.27. The SMILES string of the molecule is CN(C(=O)O)c1nc2ccc(-c3ccc4c(c3)CN(c3ncncc3Cc3ccc(F)cc3)CCO4)nc2[nH]1. The number of halogens is 1. The highest BCUT2D eigenvalue weighted by Crippen LogP contribution is 2.32. The first kappa shape index (κ1) is 24.3. The molecule has 0 bridgehead atoms. The summed E-state index contributed by atoms with van der Waals surface area (Å²) in [5, 5.41) is 9.24. The van der Waals surface area contributed by atoms with Gasteiger partial charge < -0.3 is 19.7 Å². The molecule has 5 aromatic rings. The Morgan fingerprint density at radius 2 is 2.00 bits per heavy atom. The predicted octanol–water partition coefficient (Wildman–Crippen LogP) is 4.66. The molecular weight excluding hydrogens is 501 g/mol. The lowest BCUT2D eigenvalue weighted by molar-refractivity contribution is 0.203. The molecule has 0 saturated carbocycles. The van der Waals surface area contributed by atoms with E-state index < -0.39 is 6.09 Å². The van der Waals surface area contributed by atoms with Crippen LogP contribution < -0.4 is 14.5 Å². The molecule has 1 aliphatic heterocycles. The fourth-order valence-electron chi connectivity index (χ4n) is 4.61. The minimum atomic E-state index is -1.12. The number of ether oxygens (including phenoxy) is 1. The third-order valence-electron chi connectivity index (χ3n) is 6.64. The molecule has 0 saturated heterocycles. The zero-order valence-electron chi connectivity index (χ0n) is 21.0. The van der Waals surface area contributed by atoms with Crippen molar-refractivity contribution in [3.8, 4) is 17.0 Å². The van der Waals surface area contributed by atoms with Gasteiger partial charge in [-0.15, -0.1) is 0 Å². The molecule has 2 aromatic carbocycles. The Kier molecular flexibility index (Phi) is 6.23. The van der Waals surface area contributed by atoms with E-state index in [0.29, 0.717) is 43.0 Å². The topological polar surface area (TPSA) is 120 Å². The number of aromatic amines is 1. The molecule has 39 heavy (non-hydrogen) atoms. The van der Waals surface area contributed by atoms with E-state index in [1.807, 2.05) is 30.3 Å². The average Bonchev–Trinajstić information content (AvgIpc) is 3.26. The number of imidazole rings is 1. The third kappa shape index (κ3) is 4.93. The second-order valence-electron chi connectivity index (χ2n) is 9.23. The molecule has 1 amide bonds. The van der Waals surface area contributed by atoms with E-state index in [4.69, 9.17) is 4.74 Å². The van der Waals surface area contributed by atoms with Crippen molar-refractivity contribution in [2.45, 2.75) is 13.0 Å². The zero-order valence-corrected chi connectivity index (χ0v) is 21.0. The van der Waals surface area contributed by atoms with Crippen LogP contribution in [-0.2, 0) is 13.0 Å². The number of aromatic nitrogens is 5. The molecule has 11 heteroatoms. The maximum Gasteiger partial charge on any atom is 0.413 e. The van der Waals surface area contributed by atoms with Crippen molar-refractivity contribution >= 4 is 29.0 Å². The molecule has 1 aliphatic rings. The van der Waals surface area contributed by atoms with Crippen LogP contribution in [0.5, 0.6) is 5.75 Å². The Bertz CT molecular complexity index is 1670. The van der Waals surface area contributed by atoms with Gasteiger partial charge in [0.05, 0.1) is 12.2 Å². The highest BCUT2D eigenvalue weighted by molar-refractivity contribution is 5.86. The van der Waals surface area contributed by atoms with Gasteiger partial charge in [0.1, 0.15) is 35.8 Å². The standard InChI is InChI=1S/C28H24FN7O3/c1-35(28(37)38)27-33-23-8-7-22(32-25(23)34-27)18-4-9-24-20(13-18)15-36(10-11-39-24)26-19(14-30-16-31-26)12-17-2-5-21(29)6-3-17/h2-9,13-14,16H,10-12,15H2,1H3,(H,37,38)(H,32,33,34).